The van der Waals surface area contributed by atoms with Gasteiger partial charge in [0.1, 0.15) is 12.5 Å². The number of anilines is 1. The highest BCUT2D eigenvalue weighted by atomic mass is 19.1. The number of nitrogens with one attached hydrogen (secondary N) is 1. The van der Waals surface area contributed by atoms with E-state index in [2.05, 4.69) is 22.5 Å². The lowest BCUT2D eigenvalue weighted by Gasteiger charge is -2.20. The summed E-state index contributed by atoms with van der Waals surface area (Å²) < 4.78 is 12.5. The standard InChI is InChI=1S/C14H19FN2/c15-11-13-9-6-10-14(17-13)16-12-7-4-2-1-3-5-8-12/h1-2,6,9-10,12H,3-5,7-8,11H2,(H,16,17)/b2-1-. The Balaban J connectivity index is 1.96. The molecule has 1 aromatic rings. The SMILES string of the molecule is FCc1cccc(NC2CC/C=C\CCC2)n1. The molecule has 1 aliphatic carbocycles. The number of hydrogen-bond acceptors (Lipinski definition) is 2. The summed E-state index contributed by atoms with van der Waals surface area (Å²) in [5, 5.41) is 3.41. The number of alkyl halides is 1. The Labute approximate surface area is 102 Å². The third-order valence-electron chi connectivity index (χ3n) is 3.07. The van der Waals surface area contributed by atoms with Crippen molar-refractivity contribution < 1.29 is 4.39 Å². The fraction of sp³-hybridized carbons (Fsp3) is 0.500. The molecule has 0 saturated carbocycles. The molecule has 17 heavy (non-hydrogen) atoms. The van der Waals surface area contributed by atoms with E-state index < -0.39 is 6.67 Å². The van der Waals surface area contributed by atoms with Gasteiger partial charge in [-0.15, -0.1) is 0 Å². The Morgan fingerprint density at radius 2 is 2.12 bits per heavy atom. The van der Waals surface area contributed by atoms with E-state index in [1.807, 2.05) is 12.1 Å². The molecule has 0 aliphatic heterocycles. The Morgan fingerprint density at radius 3 is 3.00 bits per heavy atom. The molecule has 1 unspecified atom stereocenters. The van der Waals surface area contributed by atoms with Gasteiger partial charge in [0.2, 0.25) is 0 Å². The fourth-order valence-electron chi connectivity index (χ4n) is 2.15. The molecule has 0 aromatic carbocycles. The fourth-order valence-corrected chi connectivity index (χ4v) is 2.15. The van der Waals surface area contributed by atoms with Crippen LogP contribution in [0, 0.1) is 0 Å². The Hall–Kier alpha value is -1.38. The lowest BCUT2D eigenvalue weighted by atomic mass is 10.0. The quantitative estimate of drug-likeness (QED) is 0.803. The monoisotopic (exact) mass is 234 g/mol. The highest BCUT2D eigenvalue weighted by Crippen LogP contribution is 2.17. The van der Waals surface area contributed by atoms with Gasteiger partial charge in [0.25, 0.3) is 0 Å². The summed E-state index contributed by atoms with van der Waals surface area (Å²) in [4.78, 5) is 4.24. The largest absolute Gasteiger partial charge is 0.367 e. The number of rotatable bonds is 3. The molecule has 0 fully saturated rings. The van der Waals surface area contributed by atoms with Crippen molar-refractivity contribution in [3.8, 4) is 0 Å². The van der Waals surface area contributed by atoms with Crippen LogP contribution < -0.4 is 5.32 Å². The second-order valence-electron chi connectivity index (χ2n) is 4.47. The van der Waals surface area contributed by atoms with E-state index in [1.165, 1.54) is 6.42 Å². The van der Waals surface area contributed by atoms with Crippen LogP contribution in [0.2, 0.25) is 0 Å². The van der Waals surface area contributed by atoms with Crippen LogP contribution in [0.15, 0.2) is 30.4 Å². The van der Waals surface area contributed by atoms with E-state index in [4.69, 9.17) is 0 Å². The van der Waals surface area contributed by atoms with E-state index in [9.17, 15) is 4.39 Å². The first-order valence-corrected chi connectivity index (χ1v) is 6.32. The second kappa shape index (κ2) is 6.38. The van der Waals surface area contributed by atoms with E-state index >= 15 is 0 Å². The average Bonchev–Trinajstić information content (AvgIpc) is 2.33. The summed E-state index contributed by atoms with van der Waals surface area (Å²) in [7, 11) is 0. The van der Waals surface area contributed by atoms with E-state index in [1.54, 1.807) is 6.07 Å². The molecule has 92 valence electrons. The van der Waals surface area contributed by atoms with E-state index in [0.29, 0.717) is 11.7 Å². The molecule has 0 spiro atoms. The molecule has 2 nitrogen and oxygen atoms in total. The zero-order valence-corrected chi connectivity index (χ0v) is 10.0. The number of hydrogen-bond donors (Lipinski definition) is 1. The highest BCUT2D eigenvalue weighted by molar-refractivity contribution is 5.36. The average molecular weight is 234 g/mol. The van der Waals surface area contributed by atoms with Crippen LogP contribution in [0.25, 0.3) is 0 Å². The van der Waals surface area contributed by atoms with Gasteiger partial charge in [0.05, 0.1) is 5.69 Å². The Morgan fingerprint density at radius 1 is 1.24 bits per heavy atom. The van der Waals surface area contributed by atoms with Gasteiger partial charge in [-0.3, -0.25) is 0 Å². The van der Waals surface area contributed by atoms with Gasteiger partial charge in [-0.05, 0) is 44.2 Å². The highest BCUT2D eigenvalue weighted by Gasteiger charge is 2.09. The molecular formula is C14H19FN2. The molecule has 0 saturated heterocycles. The zero-order valence-electron chi connectivity index (χ0n) is 10.0. The lowest BCUT2D eigenvalue weighted by molar-refractivity contribution is 0.476. The van der Waals surface area contributed by atoms with E-state index in [-0.39, 0.29) is 0 Å². The molecule has 0 bridgehead atoms. The van der Waals surface area contributed by atoms with Crippen molar-refractivity contribution in [3.63, 3.8) is 0 Å². The second-order valence-corrected chi connectivity index (χ2v) is 4.47. The molecule has 3 heteroatoms. The number of allylic oxidation sites excluding steroid dienone is 2. The first-order valence-electron chi connectivity index (χ1n) is 6.32. The maximum absolute atomic E-state index is 12.5. The molecule has 1 aromatic heterocycles. The van der Waals surface area contributed by atoms with Crippen LogP contribution in [-0.2, 0) is 6.67 Å². The molecule has 1 aliphatic rings. The van der Waals surface area contributed by atoms with Crippen molar-refractivity contribution in [2.24, 2.45) is 0 Å². The minimum absolute atomic E-state index is 0.460. The van der Waals surface area contributed by atoms with Gasteiger partial charge in [-0.25, -0.2) is 9.37 Å². The minimum atomic E-state index is -0.497. The Bertz CT molecular complexity index is 376. The molecule has 1 heterocycles. The summed E-state index contributed by atoms with van der Waals surface area (Å²) in [6, 6.07) is 5.94. The van der Waals surface area contributed by atoms with Gasteiger partial charge in [0, 0.05) is 6.04 Å². The van der Waals surface area contributed by atoms with Gasteiger partial charge in [-0.2, -0.15) is 0 Å². The van der Waals surface area contributed by atoms with Crippen molar-refractivity contribution in [3.05, 3.63) is 36.0 Å². The van der Waals surface area contributed by atoms with Crippen molar-refractivity contribution in [2.75, 3.05) is 5.32 Å². The third kappa shape index (κ3) is 3.84. The van der Waals surface area contributed by atoms with Crippen LogP contribution in [0.1, 0.15) is 37.8 Å². The topological polar surface area (TPSA) is 24.9 Å². The molecular weight excluding hydrogens is 215 g/mol. The van der Waals surface area contributed by atoms with Crippen molar-refractivity contribution in [1.29, 1.82) is 0 Å². The van der Waals surface area contributed by atoms with Crippen molar-refractivity contribution in [2.45, 2.75) is 44.8 Å². The number of pyridine rings is 1. The third-order valence-corrected chi connectivity index (χ3v) is 3.07. The Kier molecular flexibility index (Phi) is 4.54. The van der Waals surface area contributed by atoms with Gasteiger partial charge >= 0.3 is 0 Å². The summed E-state index contributed by atoms with van der Waals surface area (Å²) in [6.45, 7) is -0.497. The normalized spacial score (nSPS) is 22.5. The molecule has 1 N–H and O–H groups in total. The first kappa shape index (κ1) is 12.1. The molecule has 1 atom stereocenters. The summed E-state index contributed by atoms with van der Waals surface area (Å²) in [5.74, 6) is 0.801. The van der Waals surface area contributed by atoms with Gasteiger partial charge in [-0.1, -0.05) is 18.2 Å². The van der Waals surface area contributed by atoms with Crippen molar-refractivity contribution in [1.82, 2.24) is 4.98 Å². The van der Waals surface area contributed by atoms with Crippen LogP contribution in [0.5, 0.6) is 0 Å². The van der Waals surface area contributed by atoms with E-state index in [0.717, 1.165) is 31.5 Å². The maximum Gasteiger partial charge on any atom is 0.132 e. The summed E-state index contributed by atoms with van der Waals surface area (Å²) >= 11 is 0. The first-order chi connectivity index (χ1) is 8.38. The van der Waals surface area contributed by atoms with Crippen molar-refractivity contribution >= 4 is 5.82 Å². The predicted octanol–water partition coefficient (Wildman–Crippen LogP) is 3.85. The number of nitrogens with zero attached hydrogens (tertiary/aromatic N) is 1. The van der Waals surface area contributed by atoms with Gasteiger partial charge < -0.3 is 5.32 Å². The molecule has 0 radical (unpaired) electrons. The van der Waals surface area contributed by atoms with Crippen LogP contribution >= 0.6 is 0 Å². The minimum Gasteiger partial charge on any atom is -0.367 e. The summed E-state index contributed by atoms with van der Waals surface area (Å²) in [5.41, 5.74) is 0.501. The van der Waals surface area contributed by atoms with Crippen LogP contribution in [0.3, 0.4) is 0 Å². The van der Waals surface area contributed by atoms with Crippen LogP contribution in [-0.4, -0.2) is 11.0 Å². The van der Waals surface area contributed by atoms with Gasteiger partial charge in [0.15, 0.2) is 0 Å². The number of aromatic nitrogens is 1. The molecule has 2 rings (SSSR count). The maximum atomic E-state index is 12.5. The predicted molar refractivity (Wildman–Crippen MR) is 68.7 cm³/mol. The molecule has 0 amide bonds. The zero-order chi connectivity index (χ0) is 11.9. The number of halogens is 1. The smallest absolute Gasteiger partial charge is 0.132 e. The van der Waals surface area contributed by atoms with Crippen LogP contribution in [0.4, 0.5) is 10.2 Å². The summed E-state index contributed by atoms with van der Waals surface area (Å²) in [6.07, 6.45) is 10.3. The lowest BCUT2D eigenvalue weighted by Crippen LogP contribution is -2.20.